The molecular formula is C7H2BrClF5N. The van der Waals surface area contributed by atoms with Crippen molar-refractivity contribution in [2.75, 3.05) is 0 Å². The van der Waals surface area contributed by atoms with Gasteiger partial charge < -0.3 is 0 Å². The van der Waals surface area contributed by atoms with E-state index in [4.69, 9.17) is 11.6 Å². The van der Waals surface area contributed by atoms with Gasteiger partial charge in [-0.05, 0) is 22.0 Å². The van der Waals surface area contributed by atoms with Crippen molar-refractivity contribution in [3.8, 4) is 0 Å². The maximum Gasteiger partial charge on any atom is 0.417 e. The van der Waals surface area contributed by atoms with E-state index in [1.54, 1.807) is 0 Å². The molecule has 0 spiro atoms. The molecule has 84 valence electrons. The van der Waals surface area contributed by atoms with Crippen LogP contribution in [-0.4, -0.2) is 4.98 Å². The summed E-state index contributed by atoms with van der Waals surface area (Å²) >= 11 is 7.64. The lowest BCUT2D eigenvalue weighted by Gasteiger charge is -2.12. The molecule has 0 aromatic carbocycles. The van der Waals surface area contributed by atoms with Gasteiger partial charge in [0.2, 0.25) is 0 Å². The summed E-state index contributed by atoms with van der Waals surface area (Å²) in [5, 5.41) is -0.624. The molecule has 15 heavy (non-hydrogen) atoms. The van der Waals surface area contributed by atoms with Crippen molar-refractivity contribution < 1.29 is 22.0 Å². The summed E-state index contributed by atoms with van der Waals surface area (Å²) in [7, 11) is 0. The molecule has 0 fully saturated rings. The van der Waals surface area contributed by atoms with Gasteiger partial charge in [-0.25, -0.2) is 13.8 Å². The minimum atomic E-state index is -4.75. The first kappa shape index (κ1) is 12.6. The Morgan fingerprint density at radius 2 is 1.87 bits per heavy atom. The summed E-state index contributed by atoms with van der Waals surface area (Å²) in [6.07, 6.45) is -7.88. The Labute approximate surface area is 94.4 Å². The molecule has 0 radical (unpaired) electrons. The van der Waals surface area contributed by atoms with Gasteiger partial charge in [-0.1, -0.05) is 11.6 Å². The maximum absolute atomic E-state index is 12.3. The average molecular weight is 310 g/mol. The molecule has 0 saturated carbocycles. The summed E-state index contributed by atoms with van der Waals surface area (Å²) in [5.41, 5.74) is -2.28. The van der Waals surface area contributed by atoms with Crippen molar-refractivity contribution in [2.24, 2.45) is 0 Å². The van der Waals surface area contributed by atoms with Crippen LogP contribution < -0.4 is 0 Å². The monoisotopic (exact) mass is 309 g/mol. The van der Waals surface area contributed by atoms with Crippen molar-refractivity contribution in [1.29, 1.82) is 0 Å². The van der Waals surface area contributed by atoms with Crippen LogP contribution in [0.4, 0.5) is 22.0 Å². The average Bonchev–Trinajstić information content (AvgIpc) is 2.06. The van der Waals surface area contributed by atoms with Crippen molar-refractivity contribution in [2.45, 2.75) is 12.6 Å². The largest absolute Gasteiger partial charge is 0.417 e. The Bertz CT molecular complexity index is 378. The third kappa shape index (κ3) is 2.78. The fraction of sp³-hybridized carbons (Fsp3) is 0.286. The van der Waals surface area contributed by atoms with Crippen LogP contribution in [0.15, 0.2) is 10.5 Å². The molecule has 1 nitrogen and oxygen atoms in total. The molecule has 0 aliphatic heterocycles. The Morgan fingerprint density at radius 3 is 2.27 bits per heavy atom. The number of hydrogen-bond donors (Lipinski definition) is 0. The maximum atomic E-state index is 12.3. The lowest BCUT2D eigenvalue weighted by atomic mass is 10.2. The second-order valence-corrected chi connectivity index (χ2v) is 3.67. The smallest absolute Gasteiger partial charge is 0.234 e. The highest BCUT2D eigenvalue weighted by Crippen LogP contribution is 2.39. The molecule has 0 aliphatic carbocycles. The van der Waals surface area contributed by atoms with Gasteiger partial charge in [0.1, 0.15) is 10.8 Å². The van der Waals surface area contributed by atoms with Crippen LogP contribution in [0.1, 0.15) is 17.7 Å². The molecule has 0 N–H and O–H groups in total. The summed E-state index contributed by atoms with van der Waals surface area (Å²) < 4.78 is 60.7. The molecule has 0 saturated heterocycles. The predicted molar refractivity (Wildman–Crippen MR) is 46.9 cm³/mol. The van der Waals surface area contributed by atoms with Crippen LogP contribution in [0.5, 0.6) is 0 Å². The highest BCUT2D eigenvalue weighted by Gasteiger charge is 2.36. The van der Waals surface area contributed by atoms with Crippen molar-refractivity contribution in [1.82, 2.24) is 4.98 Å². The molecule has 0 aliphatic rings. The minimum Gasteiger partial charge on any atom is -0.234 e. The van der Waals surface area contributed by atoms with Gasteiger partial charge in [-0.15, -0.1) is 0 Å². The first-order valence-electron chi connectivity index (χ1n) is 3.44. The number of aromatic nitrogens is 1. The van der Waals surface area contributed by atoms with E-state index in [9.17, 15) is 22.0 Å². The van der Waals surface area contributed by atoms with Crippen LogP contribution in [0.2, 0.25) is 5.15 Å². The first-order valence-corrected chi connectivity index (χ1v) is 4.62. The van der Waals surface area contributed by atoms with Crippen LogP contribution in [-0.2, 0) is 6.18 Å². The first-order chi connectivity index (χ1) is 6.73. The van der Waals surface area contributed by atoms with Gasteiger partial charge in [0.15, 0.2) is 0 Å². The number of pyridine rings is 1. The normalized spacial score (nSPS) is 12.3. The Hall–Kier alpha value is -0.430. The highest BCUT2D eigenvalue weighted by molar-refractivity contribution is 9.10. The molecule has 0 atom stereocenters. The predicted octanol–water partition coefficient (Wildman–Crippen LogP) is 4.45. The van der Waals surface area contributed by atoms with E-state index in [1.165, 1.54) is 0 Å². The zero-order valence-electron chi connectivity index (χ0n) is 6.75. The fourth-order valence-corrected chi connectivity index (χ4v) is 1.67. The fourth-order valence-electron chi connectivity index (χ4n) is 0.868. The third-order valence-electron chi connectivity index (χ3n) is 1.46. The molecule has 1 rings (SSSR count). The van der Waals surface area contributed by atoms with E-state index >= 15 is 0 Å². The van der Waals surface area contributed by atoms with Gasteiger partial charge in [0.25, 0.3) is 6.43 Å². The molecule has 1 aromatic rings. The van der Waals surface area contributed by atoms with Gasteiger partial charge in [0.05, 0.1) is 10.0 Å². The second kappa shape index (κ2) is 4.21. The van der Waals surface area contributed by atoms with E-state index < -0.39 is 33.5 Å². The Morgan fingerprint density at radius 1 is 1.33 bits per heavy atom. The van der Waals surface area contributed by atoms with Gasteiger partial charge in [-0.2, -0.15) is 13.2 Å². The second-order valence-electron chi connectivity index (χ2n) is 2.49. The number of halogens is 7. The van der Waals surface area contributed by atoms with E-state index in [1.807, 2.05) is 0 Å². The lowest BCUT2D eigenvalue weighted by Crippen LogP contribution is -2.09. The molecule has 1 aromatic heterocycles. The molecule has 1 heterocycles. The quantitative estimate of drug-likeness (QED) is 0.551. The highest BCUT2D eigenvalue weighted by atomic mass is 79.9. The third-order valence-corrected chi connectivity index (χ3v) is 2.49. The minimum absolute atomic E-state index is 0.484. The zero-order valence-corrected chi connectivity index (χ0v) is 9.09. The van der Waals surface area contributed by atoms with Gasteiger partial charge in [-0.3, -0.25) is 0 Å². The van der Waals surface area contributed by atoms with Crippen LogP contribution in [0, 0.1) is 0 Å². The van der Waals surface area contributed by atoms with E-state index in [0.717, 1.165) is 0 Å². The number of nitrogens with zero attached hydrogens (tertiary/aromatic N) is 1. The van der Waals surface area contributed by atoms with Gasteiger partial charge >= 0.3 is 6.18 Å². The number of rotatable bonds is 1. The van der Waals surface area contributed by atoms with E-state index in [-0.39, 0.29) is 0 Å². The van der Waals surface area contributed by atoms with Crippen molar-refractivity contribution >= 4 is 27.5 Å². The van der Waals surface area contributed by atoms with E-state index in [0.29, 0.717) is 6.07 Å². The van der Waals surface area contributed by atoms with Crippen LogP contribution in [0.3, 0.4) is 0 Å². The SMILES string of the molecule is FC(F)c1nc(Cl)cc(C(F)(F)F)c1Br. The summed E-state index contributed by atoms with van der Waals surface area (Å²) in [6, 6.07) is 0.484. The number of hydrogen-bond acceptors (Lipinski definition) is 1. The van der Waals surface area contributed by atoms with Crippen molar-refractivity contribution in [3.63, 3.8) is 0 Å². The van der Waals surface area contributed by atoms with Crippen LogP contribution in [0.25, 0.3) is 0 Å². The summed E-state index contributed by atoms with van der Waals surface area (Å²) in [6.45, 7) is 0. The van der Waals surface area contributed by atoms with E-state index in [2.05, 4.69) is 20.9 Å². The van der Waals surface area contributed by atoms with Crippen molar-refractivity contribution in [3.05, 3.63) is 26.9 Å². The van der Waals surface area contributed by atoms with Crippen LogP contribution >= 0.6 is 27.5 Å². The Kier molecular flexibility index (Phi) is 3.55. The standard InChI is InChI=1S/C7H2BrClF5N/c8-4-2(7(12,13)14)1-3(9)15-5(4)6(10)11/h1,6H. The summed E-state index contributed by atoms with van der Waals surface area (Å²) in [4.78, 5) is 3.11. The summed E-state index contributed by atoms with van der Waals surface area (Å²) in [5.74, 6) is 0. The Balaban J connectivity index is 3.42. The lowest BCUT2D eigenvalue weighted by molar-refractivity contribution is -0.138. The number of alkyl halides is 5. The molecule has 0 amide bonds. The molecule has 8 heteroatoms. The molecule has 0 unspecified atom stereocenters. The topological polar surface area (TPSA) is 12.9 Å². The zero-order chi connectivity index (χ0) is 11.8. The molecular weight excluding hydrogens is 308 g/mol. The van der Waals surface area contributed by atoms with Gasteiger partial charge in [0, 0.05) is 0 Å². The molecule has 0 bridgehead atoms.